The minimum Gasteiger partial charge on any atom is -0.244 e. The Morgan fingerprint density at radius 3 is 1.68 bits per heavy atom. The van der Waals surface area contributed by atoms with Crippen LogP contribution in [0.2, 0.25) is 0 Å². The maximum Gasteiger partial charge on any atom is 0.432 e. The third-order valence-corrected chi connectivity index (χ3v) is 2.60. The highest BCUT2D eigenvalue weighted by atomic mass is 19.4. The lowest BCUT2D eigenvalue weighted by molar-refractivity contribution is -0.312. The van der Waals surface area contributed by atoms with E-state index < -0.39 is 30.0 Å². The van der Waals surface area contributed by atoms with Crippen LogP contribution in [0.25, 0.3) is 0 Å². The molecule has 107 valence electrons. The van der Waals surface area contributed by atoms with Crippen LogP contribution in [-0.2, 0) is 5.67 Å². The van der Waals surface area contributed by atoms with Gasteiger partial charge in [0.25, 0.3) is 5.67 Å². The molecule has 0 aliphatic heterocycles. The molecule has 0 nitrogen and oxygen atoms in total. The van der Waals surface area contributed by atoms with Gasteiger partial charge in [-0.25, -0.2) is 8.78 Å². The van der Waals surface area contributed by atoms with Gasteiger partial charge >= 0.3 is 12.1 Å². The molecule has 1 atom stereocenters. The van der Waals surface area contributed by atoms with E-state index in [2.05, 4.69) is 6.07 Å². The molecule has 0 fully saturated rings. The van der Waals surface area contributed by atoms with Crippen molar-refractivity contribution in [1.82, 2.24) is 0 Å². The van der Waals surface area contributed by atoms with Crippen molar-refractivity contribution in [1.29, 1.82) is 0 Å². The summed E-state index contributed by atoms with van der Waals surface area (Å²) in [7, 11) is 0. The first-order chi connectivity index (χ1) is 8.45. The molecule has 0 N–H and O–H groups in total. The molecule has 0 amide bonds. The van der Waals surface area contributed by atoms with Gasteiger partial charge in [-0.05, 0) is 31.0 Å². The van der Waals surface area contributed by atoms with Crippen molar-refractivity contribution in [3.8, 4) is 0 Å². The summed E-state index contributed by atoms with van der Waals surface area (Å²) in [4.78, 5) is 0. The maximum atomic E-state index is 14.0. The van der Waals surface area contributed by atoms with Gasteiger partial charge in [0.2, 0.25) is 0 Å². The molecule has 0 aliphatic rings. The van der Waals surface area contributed by atoms with Crippen molar-refractivity contribution in [2.45, 2.75) is 31.6 Å². The van der Waals surface area contributed by atoms with Crippen LogP contribution in [0.4, 0.5) is 30.7 Å². The Bertz CT molecular complexity index is 443. The SMILES string of the molecule is Cc1[c]c(C)cc(C(F)(C(F)(F)F)C(F)(F)CF)c1. The van der Waals surface area contributed by atoms with E-state index in [-0.39, 0.29) is 11.1 Å². The van der Waals surface area contributed by atoms with Crippen LogP contribution in [0, 0.1) is 19.9 Å². The Kier molecular flexibility index (Phi) is 3.89. The number of halogens is 7. The summed E-state index contributed by atoms with van der Waals surface area (Å²) < 4.78 is 90.7. The van der Waals surface area contributed by atoms with Crippen molar-refractivity contribution in [2.75, 3.05) is 6.67 Å². The Balaban J connectivity index is 3.58. The van der Waals surface area contributed by atoms with Gasteiger partial charge in [0.05, 0.1) is 0 Å². The van der Waals surface area contributed by atoms with E-state index in [1.54, 1.807) is 0 Å². The number of alkyl halides is 7. The zero-order valence-electron chi connectivity index (χ0n) is 10.0. The minimum absolute atomic E-state index is 0.0518. The monoisotopic (exact) mass is 287 g/mol. The van der Waals surface area contributed by atoms with Crippen molar-refractivity contribution in [3.05, 3.63) is 34.9 Å². The normalized spacial score (nSPS) is 16.3. The average molecular weight is 287 g/mol. The Labute approximate surface area is 105 Å². The van der Waals surface area contributed by atoms with Crippen LogP contribution in [0.3, 0.4) is 0 Å². The van der Waals surface area contributed by atoms with Gasteiger partial charge in [0.15, 0.2) is 6.67 Å². The molecule has 0 saturated carbocycles. The van der Waals surface area contributed by atoms with Crippen LogP contribution in [0.5, 0.6) is 0 Å². The first-order valence-electron chi connectivity index (χ1n) is 5.16. The molecule has 0 bridgehead atoms. The molecule has 1 radical (unpaired) electrons. The van der Waals surface area contributed by atoms with Gasteiger partial charge in [0.1, 0.15) is 0 Å². The fourth-order valence-electron chi connectivity index (χ4n) is 1.76. The van der Waals surface area contributed by atoms with Crippen LogP contribution < -0.4 is 0 Å². The summed E-state index contributed by atoms with van der Waals surface area (Å²) in [5, 5.41) is 0. The molecule has 0 saturated heterocycles. The van der Waals surface area contributed by atoms with Gasteiger partial charge in [0, 0.05) is 5.56 Å². The number of hydrogen-bond donors (Lipinski definition) is 0. The average Bonchev–Trinajstić information content (AvgIpc) is 2.24. The van der Waals surface area contributed by atoms with E-state index in [4.69, 9.17) is 0 Å². The lowest BCUT2D eigenvalue weighted by Gasteiger charge is -2.34. The summed E-state index contributed by atoms with van der Waals surface area (Å²) >= 11 is 0. The van der Waals surface area contributed by atoms with Crippen LogP contribution in [0.15, 0.2) is 12.1 Å². The van der Waals surface area contributed by atoms with Crippen molar-refractivity contribution in [2.24, 2.45) is 0 Å². The number of rotatable bonds is 3. The molecule has 0 spiro atoms. The Morgan fingerprint density at radius 2 is 1.37 bits per heavy atom. The van der Waals surface area contributed by atoms with E-state index in [9.17, 15) is 30.7 Å². The summed E-state index contributed by atoms with van der Waals surface area (Å²) in [5.41, 5.74) is -6.29. The Morgan fingerprint density at radius 1 is 0.947 bits per heavy atom. The second-order valence-electron chi connectivity index (χ2n) is 4.23. The van der Waals surface area contributed by atoms with Crippen LogP contribution >= 0.6 is 0 Å². The first-order valence-corrected chi connectivity index (χ1v) is 5.16. The molecule has 1 aromatic rings. The molecule has 0 aromatic heterocycles. The van der Waals surface area contributed by atoms with E-state index in [0.29, 0.717) is 12.1 Å². The molecule has 1 aromatic carbocycles. The highest BCUT2D eigenvalue weighted by molar-refractivity contribution is 5.34. The van der Waals surface area contributed by atoms with E-state index in [0.717, 1.165) is 0 Å². The highest BCUT2D eigenvalue weighted by Crippen LogP contribution is 2.52. The zero-order chi connectivity index (χ0) is 15.1. The van der Waals surface area contributed by atoms with E-state index >= 15 is 0 Å². The number of hydrogen-bond acceptors (Lipinski definition) is 0. The third kappa shape index (κ3) is 2.55. The number of aryl methyl sites for hydroxylation is 2. The molecule has 0 heterocycles. The van der Waals surface area contributed by atoms with Crippen molar-refractivity contribution < 1.29 is 30.7 Å². The van der Waals surface area contributed by atoms with E-state index in [1.807, 2.05) is 0 Å². The minimum atomic E-state index is -5.94. The summed E-state index contributed by atoms with van der Waals surface area (Å²) in [6.45, 7) is -0.193. The fraction of sp³-hybridized carbons (Fsp3) is 0.500. The van der Waals surface area contributed by atoms with Gasteiger partial charge in [-0.3, -0.25) is 0 Å². The van der Waals surface area contributed by atoms with Gasteiger partial charge in [-0.1, -0.05) is 12.1 Å². The quantitative estimate of drug-likeness (QED) is 0.721. The second-order valence-corrected chi connectivity index (χ2v) is 4.23. The van der Waals surface area contributed by atoms with Crippen LogP contribution in [-0.4, -0.2) is 18.8 Å². The van der Waals surface area contributed by atoms with Gasteiger partial charge in [-0.2, -0.15) is 22.0 Å². The van der Waals surface area contributed by atoms with Crippen molar-refractivity contribution >= 4 is 0 Å². The molecular formula is C12H10F7. The van der Waals surface area contributed by atoms with Crippen LogP contribution in [0.1, 0.15) is 16.7 Å². The highest BCUT2D eigenvalue weighted by Gasteiger charge is 2.72. The summed E-state index contributed by atoms with van der Waals surface area (Å²) in [6.07, 6.45) is -5.94. The van der Waals surface area contributed by atoms with Gasteiger partial charge in [-0.15, -0.1) is 0 Å². The molecular weight excluding hydrogens is 277 g/mol. The molecule has 7 heteroatoms. The smallest absolute Gasteiger partial charge is 0.244 e. The fourth-order valence-corrected chi connectivity index (χ4v) is 1.76. The zero-order valence-corrected chi connectivity index (χ0v) is 10.0. The predicted molar refractivity (Wildman–Crippen MR) is 54.5 cm³/mol. The predicted octanol–water partition coefficient (Wildman–Crippen LogP) is 4.44. The topological polar surface area (TPSA) is 0 Å². The largest absolute Gasteiger partial charge is 0.432 e. The summed E-state index contributed by atoms with van der Waals surface area (Å²) in [6, 6.07) is 3.71. The summed E-state index contributed by atoms with van der Waals surface area (Å²) in [5.74, 6) is -5.20. The molecule has 1 unspecified atom stereocenters. The standard InChI is InChI=1S/C12H10F7/c1-7-3-8(2)5-9(4-7)11(16,12(17,18)19)10(14,15)6-13/h4-5H,6H2,1-2H3. The first kappa shape index (κ1) is 15.8. The maximum absolute atomic E-state index is 14.0. The van der Waals surface area contributed by atoms with Gasteiger partial charge < -0.3 is 0 Å². The Hall–Kier alpha value is -1.27. The van der Waals surface area contributed by atoms with Crippen molar-refractivity contribution in [3.63, 3.8) is 0 Å². The molecule has 19 heavy (non-hydrogen) atoms. The number of benzene rings is 1. The lowest BCUT2D eigenvalue weighted by Crippen LogP contribution is -2.54. The molecule has 0 aliphatic carbocycles. The molecule has 1 rings (SSSR count). The van der Waals surface area contributed by atoms with E-state index in [1.165, 1.54) is 13.8 Å². The third-order valence-electron chi connectivity index (χ3n) is 2.60. The lowest BCUT2D eigenvalue weighted by atomic mass is 9.87. The second kappa shape index (κ2) is 4.68.